The number of halogens is 1. The topological polar surface area (TPSA) is 67.4 Å². The van der Waals surface area contributed by atoms with Gasteiger partial charge in [-0.05, 0) is 30.7 Å². The highest BCUT2D eigenvalue weighted by Gasteiger charge is 2.41. The van der Waals surface area contributed by atoms with Gasteiger partial charge in [-0.25, -0.2) is 14.4 Å². The lowest BCUT2D eigenvalue weighted by atomic mass is 10.1. The zero-order valence-corrected chi connectivity index (χ0v) is 13.0. The molecule has 0 spiro atoms. The van der Waals surface area contributed by atoms with Crippen LogP contribution in [0.4, 0.5) is 10.2 Å². The predicted molar refractivity (Wildman–Crippen MR) is 85.8 cm³/mol. The highest BCUT2D eigenvalue weighted by atomic mass is 19.1. The van der Waals surface area contributed by atoms with Gasteiger partial charge in [0.25, 0.3) is 0 Å². The summed E-state index contributed by atoms with van der Waals surface area (Å²) in [7, 11) is 0. The van der Waals surface area contributed by atoms with Gasteiger partial charge >= 0.3 is 0 Å². The second kappa shape index (κ2) is 6.16. The zero-order valence-electron chi connectivity index (χ0n) is 13.0. The van der Waals surface area contributed by atoms with Crippen molar-refractivity contribution in [1.82, 2.24) is 14.9 Å². The van der Waals surface area contributed by atoms with Gasteiger partial charge < -0.3 is 15.0 Å². The Balaban J connectivity index is 1.41. The molecule has 7 heteroatoms. The number of amides is 1. The van der Waals surface area contributed by atoms with Crippen molar-refractivity contribution >= 4 is 11.7 Å². The summed E-state index contributed by atoms with van der Waals surface area (Å²) in [4.78, 5) is 22.5. The van der Waals surface area contributed by atoms with Crippen molar-refractivity contribution in [1.29, 1.82) is 0 Å². The van der Waals surface area contributed by atoms with Crippen molar-refractivity contribution in [2.45, 2.75) is 18.6 Å². The molecule has 24 heavy (non-hydrogen) atoms. The molecular weight excluding hydrogens is 311 g/mol. The first kappa shape index (κ1) is 15.0. The van der Waals surface area contributed by atoms with Crippen LogP contribution in [0.1, 0.15) is 6.42 Å². The number of anilines is 1. The summed E-state index contributed by atoms with van der Waals surface area (Å²) in [5, 5.41) is 3.05. The van der Waals surface area contributed by atoms with Gasteiger partial charge in [0.05, 0.1) is 31.0 Å². The predicted octanol–water partition coefficient (Wildman–Crippen LogP) is 1.69. The number of carbonyl (C=O) groups excluding carboxylic acids is 1. The summed E-state index contributed by atoms with van der Waals surface area (Å²) in [6.07, 6.45) is 2.56. The number of hydrogen-bond acceptors (Lipinski definition) is 5. The number of morpholine rings is 1. The molecule has 1 aromatic carbocycles. The van der Waals surface area contributed by atoms with E-state index in [0.29, 0.717) is 24.7 Å². The third-order valence-corrected chi connectivity index (χ3v) is 4.45. The van der Waals surface area contributed by atoms with E-state index in [9.17, 15) is 9.18 Å². The lowest BCUT2D eigenvalue weighted by Gasteiger charge is -2.27. The van der Waals surface area contributed by atoms with E-state index >= 15 is 0 Å². The largest absolute Gasteiger partial charge is 0.374 e. The van der Waals surface area contributed by atoms with Crippen molar-refractivity contribution in [2.24, 2.45) is 0 Å². The van der Waals surface area contributed by atoms with Gasteiger partial charge in [-0.15, -0.1) is 0 Å². The zero-order chi connectivity index (χ0) is 16.5. The first-order valence-electron chi connectivity index (χ1n) is 7.92. The average molecular weight is 328 g/mol. The van der Waals surface area contributed by atoms with E-state index in [-0.39, 0.29) is 30.4 Å². The minimum atomic E-state index is -0.291. The fourth-order valence-electron chi connectivity index (χ4n) is 3.21. The summed E-state index contributed by atoms with van der Waals surface area (Å²) in [6, 6.07) is 8.06. The van der Waals surface area contributed by atoms with Crippen LogP contribution in [-0.2, 0) is 9.53 Å². The molecule has 2 aliphatic rings. The van der Waals surface area contributed by atoms with E-state index in [4.69, 9.17) is 4.74 Å². The van der Waals surface area contributed by atoms with E-state index in [1.165, 1.54) is 18.5 Å². The molecule has 2 fully saturated rings. The highest BCUT2D eigenvalue weighted by Crippen LogP contribution is 2.27. The molecule has 1 N–H and O–H groups in total. The minimum absolute atomic E-state index is 0.0488. The van der Waals surface area contributed by atoms with Crippen LogP contribution >= 0.6 is 0 Å². The molecule has 2 saturated heterocycles. The molecule has 1 amide bonds. The van der Waals surface area contributed by atoms with Gasteiger partial charge in [-0.1, -0.05) is 0 Å². The summed E-state index contributed by atoms with van der Waals surface area (Å²) in [5.74, 6) is 0.326. The first-order valence-corrected chi connectivity index (χ1v) is 7.92. The van der Waals surface area contributed by atoms with Crippen LogP contribution in [0.5, 0.6) is 0 Å². The van der Waals surface area contributed by atoms with E-state index in [1.807, 2.05) is 4.90 Å². The van der Waals surface area contributed by atoms with Crippen LogP contribution in [0.2, 0.25) is 0 Å². The summed E-state index contributed by atoms with van der Waals surface area (Å²) in [5.41, 5.74) is 1.47. The van der Waals surface area contributed by atoms with Crippen molar-refractivity contribution in [3.63, 3.8) is 0 Å². The maximum Gasteiger partial charge on any atom is 0.242 e. The van der Waals surface area contributed by atoms with E-state index in [0.717, 1.165) is 12.0 Å². The number of carbonyl (C=O) groups is 1. The number of nitrogens with zero attached hydrogens (tertiary/aromatic N) is 3. The third kappa shape index (κ3) is 2.94. The van der Waals surface area contributed by atoms with Crippen LogP contribution in [0.25, 0.3) is 11.3 Å². The van der Waals surface area contributed by atoms with Crippen molar-refractivity contribution < 1.29 is 13.9 Å². The molecule has 3 heterocycles. The Morgan fingerprint density at radius 1 is 1.33 bits per heavy atom. The van der Waals surface area contributed by atoms with Gasteiger partial charge in [0.2, 0.25) is 5.91 Å². The molecule has 1 aromatic heterocycles. The normalized spacial score (nSPS) is 22.0. The molecule has 2 atom stereocenters. The number of aromatic nitrogens is 2. The third-order valence-electron chi connectivity index (χ3n) is 4.45. The molecule has 2 aliphatic heterocycles. The molecule has 124 valence electrons. The second-order valence-electron chi connectivity index (χ2n) is 6.04. The molecule has 2 unspecified atom stereocenters. The first-order chi connectivity index (χ1) is 11.7. The molecular formula is C17H17FN4O2. The Hall–Kier alpha value is -2.54. The van der Waals surface area contributed by atoms with E-state index in [2.05, 4.69) is 15.3 Å². The Morgan fingerprint density at radius 2 is 2.17 bits per heavy atom. The van der Waals surface area contributed by atoms with Crippen LogP contribution in [0.3, 0.4) is 0 Å². The Bertz CT molecular complexity index is 753. The Labute approximate surface area is 138 Å². The lowest BCUT2D eigenvalue weighted by molar-refractivity contribution is -0.133. The highest BCUT2D eigenvalue weighted by molar-refractivity contribution is 5.81. The van der Waals surface area contributed by atoms with Crippen LogP contribution < -0.4 is 5.32 Å². The summed E-state index contributed by atoms with van der Waals surface area (Å²) < 4.78 is 18.5. The van der Waals surface area contributed by atoms with Crippen LogP contribution in [0.15, 0.2) is 36.7 Å². The second-order valence-corrected chi connectivity index (χ2v) is 6.04. The van der Waals surface area contributed by atoms with Gasteiger partial charge in [0.15, 0.2) is 0 Å². The maximum absolute atomic E-state index is 13.0. The molecule has 0 saturated carbocycles. The number of nitrogens with one attached hydrogen (secondary N) is 1. The maximum atomic E-state index is 13.0. The molecule has 2 bridgehead atoms. The monoisotopic (exact) mass is 328 g/mol. The van der Waals surface area contributed by atoms with Gasteiger partial charge in [-0.3, -0.25) is 4.79 Å². The smallest absolute Gasteiger partial charge is 0.242 e. The van der Waals surface area contributed by atoms with E-state index < -0.39 is 0 Å². The van der Waals surface area contributed by atoms with E-state index in [1.54, 1.807) is 18.2 Å². The lowest BCUT2D eigenvalue weighted by Crippen LogP contribution is -2.44. The van der Waals surface area contributed by atoms with Gasteiger partial charge in [0.1, 0.15) is 18.0 Å². The van der Waals surface area contributed by atoms with Crippen molar-refractivity contribution in [3.8, 4) is 11.3 Å². The number of ether oxygens (including phenoxy) is 1. The molecule has 0 radical (unpaired) electrons. The van der Waals surface area contributed by atoms with Crippen LogP contribution in [0, 0.1) is 5.82 Å². The SMILES string of the molecule is O=C(CNc1cc(-c2ccc(F)cc2)ncn1)N1CC2CC1CO2. The summed E-state index contributed by atoms with van der Waals surface area (Å²) in [6.45, 7) is 1.50. The quantitative estimate of drug-likeness (QED) is 0.925. The summed E-state index contributed by atoms with van der Waals surface area (Å²) >= 11 is 0. The van der Waals surface area contributed by atoms with Crippen molar-refractivity contribution in [3.05, 3.63) is 42.5 Å². The number of benzene rings is 1. The Kier molecular flexibility index (Phi) is 3.86. The van der Waals surface area contributed by atoms with Gasteiger partial charge in [0, 0.05) is 18.2 Å². The molecule has 4 rings (SSSR count). The number of fused-ring (bicyclic) bond motifs is 2. The van der Waals surface area contributed by atoms with Gasteiger partial charge in [-0.2, -0.15) is 0 Å². The molecule has 0 aliphatic carbocycles. The fraction of sp³-hybridized carbons (Fsp3) is 0.353. The number of likely N-dealkylation sites (tertiary alicyclic amines) is 1. The van der Waals surface area contributed by atoms with Crippen LogP contribution in [-0.4, -0.2) is 52.6 Å². The fourth-order valence-corrected chi connectivity index (χ4v) is 3.21. The minimum Gasteiger partial charge on any atom is -0.374 e. The number of hydrogen-bond donors (Lipinski definition) is 1. The standard InChI is InChI=1S/C17H17FN4O2/c18-12-3-1-11(2-4-12)15-6-16(21-10-20-15)19-7-17(23)22-8-14-5-13(22)9-24-14/h1-4,6,10,13-14H,5,7-9H2,(H,19,20,21). The average Bonchev–Trinajstić information content (AvgIpc) is 3.24. The molecule has 6 nitrogen and oxygen atoms in total. The molecule has 2 aromatic rings. The number of rotatable bonds is 4. The van der Waals surface area contributed by atoms with Crippen molar-refractivity contribution in [2.75, 3.05) is 25.0 Å². The Morgan fingerprint density at radius 3 is 2.88 bits per heavy atom.